The minimum absolute atomic E-state index is 0.264. The summed E-state index contributed by atoms with van der Waals surface area (Å²) in [5.74, 6) is -1.24. The normalized spacial score (nSPS) is 13.1. The van der Waals surface area contributed by atoms with Crippen LogP contribution in [0.5, 0.6) is 0 Å². The van der Waals surface area contributed by atoms with Crippen molar-refractivity contribution >= 4 is 21.9 Å². The summed E-state index contributed by atoms with van der Waals surface area (Å²) in [4.78, 5) is 10.1. The Morgan fingerprint density at radius 2 is 2.44 bits per heavy atom. The number of halogens is 1. The Bertz CT molecular complexity index is 94.2. The van der Waals surface area contributed by atoms with E-state index in [1.165, 1.54) is 0 Å². The van der Waals surface area contributed by atoms with Crippen LogP contribution in [0.4, 0.5) is 0 Å². The van der Waals surface area contributed by atoms with Gasteiger partial charge in [0, 0.05) is 0 Å². The van der Waals surface area contributed by atoms with Gasteiger partial charge in [-0.2, -0.15) is 0 Å². The molecule has 0 spiro atoms. The molecule has 1 N–H and O–H groups in total. The number of alkyl halides is 1. The molecular formula is C5H9BrO3. The maximum Gasteiger partial charge on any atom is 0.308 e. The van der Waals surface area contributed by atoms with Crippen LogP contribution in [0.2, 0.25) is 0 Å². The fraction of sp³-hybridized carbons (Fsp3) is 0.800. The number of aliphatic carboxylic acids is 1. The van der Waals surface area contributed by atoms with Crippen LogP contribution in [-0.2, 0) is 9.53 Å². The van der Waals surface area contributed by atoms with Gasteiger partial charge in [0.15, 0.2) is 0 Å². The monoisotopic (exact) mass is 196 g/mol. The highest BCUT2D eigenvalue weighted by Gasteiger charge is 2.09. The fourth-order valence-corrected chi connectivity index (χ4v) is 0.480. The third-order valence-electron chi connectivity index (χ3n) is 0.867. The summed E-state index contributed by atoms with van der Waals surface area (Å²) in [7, 11) is 0. The molecule has 54 valence electrons. The quantitative estimate of drug-likeness (QED) is 0.685. The van der Waals surface area contributed by atoms with Gasteiger partial charge in [-0.25, -0.2) is 0 Å². The first-order valence-electron chi connectivity index (χ1n) is 2.55. The second kappa shape index (κ2) is 4.76. The summed E-state index contributed by atoms with van der Waals surface area (Å²) < 4.78 is 4.79. The molecule has 0 aliphatic rings. The summed E-state index contributed by atoms with van der Waals surface area (Å²) >= 11 is 3.01. The molecule has 0 radical (unpaired) electrons. The van der Waals surface area contributed by atoms with E-state index in [2.05, 4.69) is 15.9 Å². The summed E-state index contributed by atoms with van der Waals surface area (Å²) in [6, 6.07) is 0. The van der Waals surface area contributed by atoms with Gasteiger partial charge in [-0.05, 0) is 6.92 Å². The van der Waals surface area contributed by atoms with Crippen molar-refractivity contribution in [2.45, 2.75) is 6.92 Å². The number of carboxylic acids is 1. The topological polar surface area (TPSA) is 46.5 Å². The predicted octanol–water partition coefficient (Wildman–Crippen LogP) is 1.08. The molecule has 0 saturated heterocycles. The van der Waals surface area contributed by atoms with Crippen molar-refractivity contribution in [1.29, 1.82) is 0 Å². The lowest BCUT2D eigenvalue weighted by atomic mass is 10.2. The van der Waals surface area contributed by atoms with Gasteiger partial charge < -0.3 is 9.84 Å². The second-order valence-corrected chi connectivity index (χ2v) is 2.18. The zero-order valence-electron chi connectivity index (χ0n) is 5.13. The Labute approximate surface area is 62.1 Å². The maximum absolute atomic E-state index is 10.1. The van der Waals surface area contributed by atoms with Crippen molar-refractivity contribution in [3.05, 3.63) is 0 Å². The molecule has 0 rings (SSSR count). The minimum atomic E-state index is -0.823. The van der Waals surface area contributed by atoms with Crippen LogP contribution >= 0.6 is 15.9 Å². The molecule has 0 aromatic carbocycles. The number of carbonyl (C=O) groups is 1. The predicted molar refractivity (Wildman–Crippen MR) is 36.5 cm³/mol. The Morgan fingerprint density at radius 3 is 2.78 bits per heavy atom. The third kappa shape index (κ3) is 4.42. The van der Waals surface area contributed by atoms with Gasteiger partial charge in [-0.3, -0.25) is 4.79 Å². The lowest BCUT2D eigenvalue weighted by molar-refractivity contribution is -0.142. The average Bonchev–Trinajstić information content (AvgIpc) is 1.82. The Morgan fingerprint density at radius 1 is 1.89 bits per heavy atom. The average molecular weight is 197 g/mol. The lowest BCUT2D eigenvalue weighted by Gasteiger charge is -2.03. The summed E-state index contributed by atoms with van der Waals surface area (Å²) in [5.41, 5.74) is 0.393. The molecule has 3 nitrogen and oxygen atoms in total. The van der Waals surface area contributed by atoms with Gasteiger partial charge in [-0.1, -0.05) is 15.9 Å². The molecule has 0 bridgehead atoms. The molecular weight excluding hydrogens is 188 g/mol. The molecule has 1 atom stereocenters. The SMILES string of the molecule is CC(COCBr)C(=O)O. The van der Waals surface area contributed by atoms with Crippen LogP contribution in [-0.4, -0.2) is 23.2 Å². The maximum atomic E-state index is 10.1. The van der Waals surface area contributed by atoms with E-state index < -0.39 is 11.9 Å². The molecule has 4 heteroatoms. The van der Waals surface area contributed by atoms with Gasteiger partial charge in [-0.15, -0.1) is 0 Å². The van der Waals surface area contributed by atoms with E-state index in [0.29, 0.717) is 5.52 Å². The largest absolute Gasteiger partial charge is 0.481 e. The van der Waals surface area contributed by atoms with Crippen LogP contribution in [0.15, 0.2) is 0 Å². The number of hydrogen-bond acceptors (Lipinski definition) is 2. The first kappa shape index (κ1) is 8.91. The highest BCUT2D eigenvalue weighted by Crippen LogP contribution is 1.96. The van der Waals surface area contributed by atoms with Gasteiger partial charge in [0.2, 0.25) is 0 Å². The second-order valence-electron chi connectivity index (χ2n) is 1.72. The van der Waals surface area contributed by atoms with E-state index in [-0.39, 0.29) is 6.61 Å². The molecule has 0 aromatic rings. The molecule has 0 aliphatic heterocycles. The summed E-state index contributed by atoms with van der Waals surface area (Å²) in [5, 5.41) is 8.31. The fourth-order valence-electron chi connectivity index (χ4n) is 0.293. The van der Waals surface area contributed by atoms with Crippen molar-refractivity contribution in [1.82, 2.24) is 0 Å². The highest BCUT2D eigenvalue weighted by atomic mass is 79.9. The van der Waals surface area contributed by atoms with E-state index in [0.717, 1.165) is 0 Å². The van der Waals surface area contributed by atoms with Crippen molar-refractivity contribution in [2.24, 2.45) is 5.92 Å². The zero-order valence-corrected chi connectivity index (χ0v) is 6.72. The van der Waals surface area contributed by atoms with E-state index in [4.69, 9.17) is 9.84 Å². The summed E-state index contributed by atoms with van der Waals surface area (Å²) in [6.07, 6.45) is 0. The molecule has 0 aromatic heterocycles. The lowest BCUT2D eigenvalue weighted by Crippen LogP contribution is -2.15. The molecule has 0 heterocycles. The number of ether oxygens (including phenoxy) is 1. The number of hydrogen-bond donors (Lipinski definition) is 1. The molecule has 1 unspecified atom stereocenters. The smallest absolute Gasteiger partial charge is 0.308 e. The van der Waals surface area contributed by atoms with Crippen molar-refractivity contribution in [2.75, 3.05) is 12.1 Å². The van der Waals surface area contributed by atoms with Crippen LogP contribution < -0.4 is 0 Å². The molecule has 0 saturated carbocycles. The van der Waals surface area contributed by atoms with Crippen LogP contribution in [0.3, 0.4) is 0 Å². The standard InChI is InChI=1S/C5H9BrO3/c1-4(5(7)8)2-9-3-6/h4H,2-3H2,1H3,(H,7,8). The van der Waals surface area contributed by atoms with E-state index in [9.17, 15) is 4.79 Å². The van der Waals surface area contributed by atoms with Gasteiger partial charge in [0.1, 0.15) is 5.52 Å². The third-order valence-corrected chi connectivity index (χ3v) is 1.19. The number of carboxylic acid groups (broad SMARTS) is 1. The van der Waals surface area contributed by atoms with Gasteiger partial charge in [0.05, 0.1) is 12.5 Å². The molecule has 9 heavy (non-hydrogen) atoms. The minimum Gasteiger partial charge on any atom is -0.481 e. The van der Waals surface area contributed by atoms with Gasteiger partial charge in [0.25, 0.3) is 0 Å². The van der Waals surface area contributed by atoms with Crippen molar-refractivity contribution in [3.8, 4) is 0 Å². The van der Waals surface area contributed by atoms with Crippen molar-refractivity contribution in [3.63, 3.8) is 0 Å². The highest BCUT2D eigenvalue weighted by molar-refractivity contribution is 9.09. The first-order valence-corrected chi connectivity index (χ1v) is 3.67. The molecule has 0 aliphatic carbocycles. The number of rotatable bonds is 4. The van der Waals surface area contributed by atoms with E-state index >= 15 is 0 Å². The van der Waals surface area contributed by atoms with E-state index in [1.807, 2.05) is 0 Å². The zero-order chi connectivity index (χ0) is 7.28. The van der Waals surface area contributed by atoms with E-state index in [1.54, 1.807) is 6.92 Å². The Balaban J connectivity index is 3.27. The molecule has 0 amide bonds. The Hall–Kier alpha value is -0.0900. The first-order chi connectivity index (χ1) is 4.18. The van der Waals surface area contributed by atoms with Crippen LogP contribution in [0, 0.1) is 5.92 Å². The van der Waals surface area contributed by atoms with Crippen LogP contribution in [0.25, 0.3) is 0 Å². The van der Waals surface area contributed by atoms with Crippen molar-refractivity contribution < 1.29 is 14.6 Å². The molecule has 0 fully saturated rings. The Kier molecular flexibility index (Phi) is 4.71. The van der Waals surface area contributed by atoms with Gasteiger partial charge >= 0.3 is 5.97 Å². The summed E-state index contributed by atoms with van der Waals surface area (Å²) in [6.45, 7) is 1.87. The van der Waals surface area contributed by atoms with Crippen LogP contribution in [0.1, 0.15) is 6.92 Å².